The predicted molar refractivity (Wildman–Crippen MR) is 106 cm³/mol. The van der Waals surface area contributed by atoms with E-state index in [4.69, 9.17) is 4.74 Å². The number of aryl methyl sites for hydroxylation is 1. The van der Waals surface area contributed by atoms with E-state index in [1.54, 1.807) is 0 Å². The van der Waals surface area contributed by atoms with Gasteiger partial charge in [0.25, 0.3) is 5.91 Å². The summed E-state index contributed by atoms with van der Waals surface area (Å²) in [7, 11) is -2.63. The maximum atomic E-state index is 13.4. The molecule has 0 aliphatic carbocycles. The summed E-state index contributed by atoms with van der Waals surface area (Å²) in [6.07, 6.45) is 1.20. The first kappa shape index (κ1) is 23.1. The molecule has 0 radical (unpaired) electrons. The van der Waals surface area contributed by atoms with Crippen molar-refractivity contribution < 1.29 is 31.8 Å². The number of sulfonamides is 1. The van der Waals surface area contributed by atoms with Crippen LogP contribution in [0, 0.1) is 11.6 Å². The second-order valence-electron chi connectivity index (χ2n) is 7.00. The number of carbonyl (C=O) groups is 1. The Morgan fingerprint density at radius 3 is 2.59 bits per heavy atom. The maximum Gasteiger partial charge on any atom is 0.276 e. The predicted octanol–water partition coefficient (Wildman–Crippen LogP) is 1.48. The van der Waals surface area contributed by atoms with Gasteiger partial charge in [0.2, 0.25) is 10.0 Å². The summed E-state index contributed by atoms with van der Waals surface area (Å²) in [6, 6.07) is 1.88. The van der Waals surface area contributed by atoms with Crippen LogP contribution in [0.4, 0.5) is 14.5 Å². The number of anilines is 1. The van der Waals surface area contributed by atoms with E-state index in [0.29, 0.717) is 0 Å². The first-order valence-corrected chi connectivity index (χ1v) is 9.71. The highest BCUT2D eigenvalue weighted by Crippen LogP contribution is 2.34. The second-order valence-corrected chi connectivity index (χ2v) is 8.69. The highest BCUT2D eigenvalue weighted by Gasteiger charge is 2.39. The minimum absolute atomic E-state index is 0. The fourth-order valence-corrected chi connectivity index (χ4v) is 4.29. The number of benzene rings is 1. The van der Waals surface area contributed by atoms with Crippen molar-refractivity contribution in [3.05, 3.63) is 41.7 Å². The molecule has 0 fully saturated rings. The molecule has 1 aliphatic rings. The van der Waals surface area contributed by atoms with Gasteiger partial charge in [0.15, 0.2) is 23.1 Å². The molecule has 3 rings (SSSR count). The van der Waals surface area contributed by atoms with Crippen LogP contribution in [-0.2, 0) is 17.1 Å². The summed E-state index contributed by atoms with van der Waals surface area (Å²) in [4.78, 5) is 12.4. The summed E-state index contributed by atoms with van der Waals surface area (Å²) < 4.78 is 60.9. The second kappa shape index (κ2) is 7.94. The summed E-state index contributed by atoms with van der Waals surface area (Å²) >= 11 is 0. The first-order valence-electron chi connectivity index (χ1n) is 8.23. The number of hydrogen-bond acceptors (Lipinski definition) is 5. The molecule has 1 atom stereocenters. The normalized spacial score (nSPS) is 18.1. The molecule has 0 bridgehead atoms. The molecule has 1 aliphatic heterocycles. The van der Waals surface area contributed by atoms with Gasteiger partial charge in [-0.15, -0.1) is 0 Å². The van der Waals surface area contributed by atoms with Crippen LogP contribution in [0.15, 0.2) is 29.3 Å². The van der Waals surface area contributed by atoms with Crippen LogP contribution >= 0.6 is 13.5 Å². The third-order valence-corrected chi connectivity index (χ3v) is 5.79. The summed E-state index contributed by atoms with van der Waals surface area (Å²) in [5, 5.41) is 12.5. The van der Waals surface area contributed by atoms with Gasteiger partial charge in [0.1, 0.15) is 11.5 Å². The molecule has 1 aromatic heterocycles. The van der Waals surface area contributed by atoms with Crippen LogP contribution in [0.3, 0.4) is 0 Å². The summed E-state index contributed by atoms with van der Waals surface area (Å²) in [5.41, 5.74) is -1.54. The quantitative estimate of drug-likeness (QED) is 0.658. The largest absolute Gasteiger partial charge is 0.488 e. The monoisotopic (exact) mass is 449 g/mol. The number of amides is 1. The van der Waals surface area contributed by atoms with Crippen molar-refractivity contribution in [2.45, 2.75) is 30.4 Å². The van der Waals surface area contributed by atoms with Crippen molar-refractivity contribution >= 4 is 35.1 Å². The molecule has 1 amide bonds. The fraction of sp³-hybridized carbons (Fsp3) is 0.353. The van der Waals surface area contributed by atoms with Crippen molar-refractivity contribution in [1.82, 2.24) is 9.29 Å². The third kappa shape index (κ3) is 4.55. The van der Waals surface area contributed by atoms with Crippen molar-refractivity contribution in [2.24, 2.45) is 7.05 Å². The highest BCUT2D eigenvalue weighted by atomic mass is 32.2. The van der Waals surface area contributed by atoms with E-state index in [0.717, 1.165) is 12.1 Å². The fourth-order valence-electron chi connectivity index (χ4n) is 2.73. The molecule has 0 spiro atoms. The first-order chi connectivity index (χ1) is 12.9. The van der Waals surface area contributed by atoms with Crippen molar-refractivity contribution in [2.75, 3.05) is 11.9 Å². The van der Waals surface area contributed by atoms with E-state index in [2.05, 4.69) is 10.0 Å². The lowest BCUT2D eigenvalue weighted by atomic mass is 10.0. The van der Waals surface area contributed by atoms with E-state index < -0.39 is 39.2 Å². The molecule has 3 N–H and O–H groups in total. The van der Waals surface area contributed by atoms with E-state index in [9.17, 15) is 27.1 Å². The maximum absolute atomic E-state index is 13.4. The van der Waals surface area contributed by atoms with E-state index in [1.807, 2.05) is 0 Å². The average Bonchev–Trinajstić information content (AvgIpc) is 2.84. The van der Waals surface area contributed by atoms with Crippen LogP contribution in [0.25, 0.3) is 0 Å². The molecule has 0 saturated carbocycles. The molecule has 2 heterocycles. The van der Waals surface area contributed by atoms with E-state index >= 15 is 0 Å². The Balaban J connectivity index is 0.00000300. The Morgan fingerprint density at radius 2 is 2.00 bits per heavy atom. The SMILES string of the molecule is Cn1cc2c(c1C(=O)Nc1ccc(F)c(F)c1)OC[C@@H](C(C)(C)O)NS2(=O)=O.S. The number of nitrogens with zero attached hydrogens (tertiary/aromatic N) is 1. The van der Waals surface area contributed by atoms with Gasteiger partial charge in [0.05, 0.1) is 11.6 Å². The number of nitrogens with one attached hydrogen (secondary N) is 2. The molecule has 12 heteroatoms. The van der Waals surface area contributed by atoms with Crippen LogP contribution in [0.5, 0.6) is 5.75 Å². The number of hydrogen-bond donors (Lipinski definition) is 3. The standard InChI is InChI=1S/C17H19F2N3O5S.H2S/c1-17(2,24)13-8-27-15-12(28(25,26)21-13)7-22(3)14(15)16(23)20-9-4-5-10(18)11(19)6-9;/h4-7,13,21,24H,8H2,1-3H3,(H,20,23);1H2/t13-;/m0./s1. The van der Waals surface area contributed by atoms with Gasteiger partial charge in [-0.2, -0.15) is 13.5 Å². The topological polar surface area (TPSA) is 110 Å². The Hall–Kier alpha value is -2.15. The van der Waals surface area contributed by atoms with Gasteiger partial charge < -0.3 is 19.7 Å². The summed E-state index contributed by atoms with van der Waals surface area (Å²) in [6.45, 7) is 2.64. The van der Waals surface area contributed by atoms with Gasteiger partial charge in [-0.1, -0.05) is 0 Å². The third-order valence-electron chi connectivity index (χ3n) is 4.33. The van der Waals surface area contributed by atoms with Gasteiger partial charge in [-0.25, -0.2) is 21.9 Å². The number of rotatable bonds is 3. The molecule has 160 valence electrons. The molecular formula is C17H21F2N3O5S2. The Labute approximate surface area is 173 Å². The van der Waals surface area contributed by atoms with Crippen LogP contribution in [0.1, 0.15) is 24.3 Å². The van der Waals surface area contributed by atoms with Crippen LogP contribution < -0.4 is 14.8 Å². The van der Waals surface area contributed by atoms with Crippen molar-refractivity contribution in [3.63, 3.8) is 0 Å². The van der Waals surface area contributed by atoms with Gasteiger partial charge >= 0.3 is 0 Å². The van der Waals surface area contributed by atoms with Crippen molar-refractivity contribution in [3.8, 4) is 5.75 Å². The average molecular weight is 450 g/mol. The summed E-state index contributed by atoms with van der Waals surface area (Å²) in [5.74, 6) is -3.17. The number of aliphatic hydroxyl groups is 1. The number of aromatic nitrogens is 1. The van der Waals surface area contributed by atoms with Gasteiger partial charge in [-0.3, -0.25) is 4.79 Å². The zero-order valence-electron chi connectivity index (χ0n) is 15.8. The van der Waals surface area contributed by atoms with Crippen LogP contribution in [0.2, 0.25) is 0 Å². The molecule has 0 unspecified atom stereocenters. The minimum Gasteiger partial charge on any atom is -0.488 e. The van der Waals surface area contributed by atoms with E-state index in [1.165, 1.54) is 37.7 Å². The Morgan fingerprint density at radius 1 is 1.34 bits per heavy atom. The molecule has 0 saturated heterocycles. The molecular weight excluding hydrogens is 428 g/mol. The number of ether oxygens (including phenoxy) is 1. The lowest BCUT2D eigenvalue weighted by molar-refractivity contribution is 0.0288. The molecule has 29 heavy (non-hydrogen) atoms. The zero-order valence-corrected chi connectivity index (χ0v) is 17.6. The molecule has 1 aromatic carbocycles. The Bertz CT molecular complexity index is 1050. The zero-order chi connectivity index (χ0) is 20.9. The lowest BCUT2D eigenvalue weighted by Crippen LogP contribution is -2.51. The van der Waals surface area contributed by atoms with Gasteiger partial charge in [-0.05, 0) is 26.0 Å². The Kier molecular flexibility index (Phi) is 6.33. The molecule has 8 nitrogen and oxygen atoms in total. The van der Waals surface area contributed by atoms with E-state index in [-0.39, 0.29) is 42.1 Å². The smallest absolute Gasteiger partial charge is 0.276 e. The highest BCUT2D eigenvalue weighted by molar-refractivity contribution is 7.89. The number of halogens is 2. The minimum atomic E-state index is -4.08. The van der Waals surface area contributed by atoms with Gasteiger partial charge in [0, 0.05) is 25.0 Å². The lowest BCUT2D eigenvalue weighted by Gasteiger charge is -2.27. The number of fused-ring (bicyclic) bond motifs is 1. The van der Waals surface area contributed by atoms with Crippen molar-refractivity contribution in [1.29, 1.82) is 0 Å². The molecule has 2 aromatic rings. The number of carbonyl (C=O) groups excluding carboxylic acids is 1. The van der Waals surface area contributed by atoms with Crippen LogP contribution in [-0.4, -0.2) is 42.2 Å².